The van der Waals surface area contributed by atoms with Gasteiger partial charge < -0.3 is 15.0 Å². The predicted octanol–water partition coefficient (Wildman–Crippen LogP) is 4.48. The van der Waals surface area contributed by atoms with Gasteiger partial charge >= 0.3 is 0 Å². The van der Waals surface area contributed by atoms with Crippen LogP contribution in [0.25, 0.3) is 0 Å². The van der Waals surface area contributed by atoms with Crippen molar-refractivity contribution in [3.63, 3.8) is 0 Å². The second-order valence-electron chi connectivity index (χ2n) is 10.2. The minimum Gasteiger partial charge on any atom is -0.497 e. The zero-order valence-electron chi connectivity index (χ0n) is 25.0. The van der Waals surface area contributed by atoms with Crippen LogP contribution in [-0.4, -0.2) is 62.3 Å². The largest absolute Gasteiger partial charge is 0.497 e. The molecule has 3 rings (SSSR count). The molecule has 0 fully saturated rings. The van der Waals surface area contributed by atoms with Crippen LogP contribution in [0.1, 0.15) is 38.3 Å². The highest BCUT2D eigenvalue weighted by Crippen LogP contribution is 2.29. The highest BCUT2D eigenvalue weighted by molar-refractivity contribution is 7.92. The molecule has 0 aliphatic heterocycles. The summed E-state index contributed by atoms with van der Waals surface area (Å²) in [6.45, 7) is 6.42. The number of hydrogen-bond acceptors (Lipinski definition) is 7. The van der Waals surface area contributed by atoms with Crippen molar-refractivity contribution in [1.29, 1.82) is 0 Å². The number of methoxy groups -OCH3 is 1. The van der Waals surface area contributed by atoms with Crippen LogP contribution in [0.5, 0.6) is 5.75 Å². The maximum Gasteiger partial charge on any atom is 0.273 e. The SMILES string of the molecule is CC[C@H](C)NC(=O)[C@@H](C)N(CCc1ccccc1)C(=O)CN(c1ccc(OC)cc1)S(=O)(=O)c1ccc(C)c([N+](=O)[O-])c1. The Morgan fingerprint density at radius 3 is 2.26 bits per heavy atom. The summed E-state index contributed by atoms with van der Waals surface area (Å²) in [4.78, 5) is 39.1. The van der Waals surface area contributed by atoms with Crippen molar-refractivity contribution in [2.45, 2.75) is 57.5 Å². The molecule has 0 spiro atoms. The van der Waals surface area contributed by atoms with Gasteiger partial charge in [0, 0.05) is 24.2 Å². The number of carbonyl (C=O) groups is 2. The van der Waals surface area contributed by atoms with E-state index in [1.165, 1.54) is 43.2 Å². The molecule has 0 heterocycles. The van der Waals surface area contributed by atoms with E-state index in [4.69, 9.17) is 4.74 Å². The molecule has 0 radical (unpaired) electrons. The Labute approximate surface area is 252 Å². The highest BCUT2D eigenvalue weighted by atomic mass is 32.2. The van der Waals surface area contributed by atoms with Gasteiger partial charge in [0.1, 0.15) is 18.3 Å². The first-order chi connectivity index (χ1) is 20.4. The van der Waals surface area contributed by atoms with Gasteiger partial charge in [-0.2, -0.15) is 0 Å². The maximum atomic E-state index is 14.0. The normalized spacial score (nSPS) is 12.6. The average Bonchev–Trinajstić information content (AvgIpc) is 3.00. The van der Waals surface area contributed by atoms with Crippen molar-refractivity contribution >= 4 is 33.2 Å². The number of nitrogens with zero attached hydrogens (tertiary/aromatic N) is 3. The van der Waals surface area contributed by atoms with Gasteiger partial charge in [-0.1, -0.05) is 43.3 Å². The van der Waals surface area contributed by atoms with Crippen LogP contribution in [-0.2, 0) is 26.0 Å². The lowest BCUT2D eigenvalue weighted by atomic mass is 10.1. The number of anilines is 1. The van der Waals surface area contributed by atoms with Crippen molar-refractivity contribution in [1.82, 2.24) is 10.2 Å². The number of hydrogen-bond donors (Lipinski definition) is 1. The molecule has 230 valence electrons. The molecule has 43 heavy (non-hydrogen) atoms. The van der Waals surface area contributed by atoms with E-state index in [9.17, 15) is 28.1 Å². The molecule has 0 aliphatic rings. The molecule has 3 aromatic carbocycles. The molecular weight excluding hydrogens is 572 g/mol. The van der Waals surface area contributed by atoms with Gasteiger partial charge in [0.15, 0.2) is 0 Å². The van der Waals surface area contributed by atoms with E-state index >= 15 is 0 Å². The standard InChI is InChI=1S/C31H38N4O7S/c1-6-23(3)32-31(37)24(4)33(19-18-25-10-8-7-9-11-25)30(36)21-34(26-13-15-27(42-5)16-14-26)43(40,41)28-17-12-22(2)29(20-28)35(38)39/h7-17,20,23-24H,6,18-19,21H2,1-5H3,(H,32,37)/t23-,24+/m0/s1. The number of aryl methyl sites for hydroxylation is 1. The molecular formula is C31H38N4O7S. The molecule has 0 bridgehead atoms. The number of nitrogens with one attached hydrogen (secondary N) is 1. The summed E-state index contributed by atoms with van der Waals surface area (Å²) in [6, 6.07) is 18.1. The van der Waals surface area contributed by atoms with Crippen LogP contribution in [0.4, 0.5) is 11.4 Å². The molecule has 0 saturated carbocycles. The van der Waals surface area contributed by atoms with E-state index in [0.29, 0.717) is 24.2 Å². The fraction of sp³-hybridized carbons (Fsp3) is 0.355. The number of amides is 2. The summed E-state index contributed by atoms with van der Waals surface area (Å²) in [7, 11) is -3.00. The van der Waals surface area contributed by atoms with Crippen LogP contribution in [0, 0.1) is 17.0 Å². The van der Waals surface area contributed by atoms with Gasteiger partial charge in [-0.15, -0.1) is 0 Å². The van der Waals surface area contributed by atoms with Gasteiger partial charge in [-0.05, 0) is 69.5 Å². The molecule has 1 N–H and O–H groups in total. The zero-order chi connectivity index (χ0) is 31.7. The van der Waals surface area contributed by atoms with E-state index in [1.807, 2.05) is 44.2 Å². The Bertz CT molecular complexity index is 1530. The van der Waals surface area contributed by atoms with Gasteiger partial charge in [-0.3, -0.25) is 24.0 Å². The van der Waals surface area contributed by atoms with Crippen LogP contribution in [0.3, 0.4) is 0 Å². The minimum absolute atomic E-state index is 0.116. The highest BCUT2D eigenvalue weighted by Gasteiger charge is 2.33. The smallest absolute Gasteiger partial charge is 0.273 e. The summed E-state index contributed by atoms with van der Waals surface area (Å²) in [5.74, 6) is -0.495. The zero-order valence-corrected chi connectivity index (χ0v) is 25.8. The fourth-order valence-electron chi connectivity index (χ4n) is 4.39. The quantitative estimate of drug-likeness (QED) is 0.210. The molecule has 0 saturated heterocycles. The Balaban J connectivity index is 2.04. The lowest BCUT2D eigenvalue weighted by Crippen LogP contribution is -2.53. The van der Waals surface area contributed by atoms with Crippen LogP contribution in [0.15, 0.2) is 77.7 Å². The molecule has 0 unspecified atom stereocenters. The fourth-order valence-corrected chi connectivity index (χ4v) is 5.82. The third kappa shape index (κ3) is 8.31. The van der Waals surface area contributed by atoms with Gasteiger partial charge in [-0.25, -0.2) is 8.42 Å². The van der Waals surface area contributed by atoms with Crippen molar-refractivity contribution < 1.29 is 27.7 Å². The number of rotatable bonds is 14. The van der Waals surface area contributed by atoms with Crippen molar-refractivity contribution in [2.24, 2.45) is 0 Å². The molecule has 0 aliphatic carbocycles. The summed E-state index contributed by atoms with van der Waals surface area (Å²) in [5, 5.41) is 14.5. The van der Waals surface area contributed by atoms with E-state index in [0.717, 1.165) is 15.9 Å². The van der Waals surface area contributed by atoms with E-state index in [2.05, 4.69) is 5.32 Å². The van der Waals surface area contributed by atoms with E-state index < -0.39 is 33.4 Å². The summed E-state index contributed by atoms with van der Waals surface area (Å²) < 4.78 is 34.1. The summed E-state index contributed by atoms with van der Waals surface area (Å²) in [6.07, 6.45) is 1.13. The second-order valence-corrected chi connectivity index (χ2v) is 12.1. The Morgan fingerprint density at radius 2 is 1.67 bits per heavy atom. The molecule has 3 aromatic rings. The number of ether oxygens (including phenoxy) is 1. The first kappa shape index (κ1) is 33.1. The first-order valence-electron chi connectivity index (χ1n) is 13.9. The van der Waals surface area contributed by atoms with Crippen molar-refractivity contribution in [3.05, 3.63) is 94.0 Å². The number of nitro groups is 1. The average molecular weight is 611 g/mol. The number of sulfonamides is 1. The third-order valence-electron chi connectivity index (χ3n) is 7.26. The van der Waals surface area contributed by atoms with Crippen LogP contribution in [0.2, 0.25) is 0 Å². The monoisotopic (exact) mass is 610 g/mol. The van der Waals surface area contributed by atoms with Crippen LogP contribution < -0.4 is 14.4 Å². The summed E-state index contributed by atoms with van der Waals surface area (Å²) >= 11 is 0. The summed E-state index contributed by atoms with van der Waals surface area (Å²) in [5.41, 5.74) is 1.03. The first-order valence-corrected chi connectivity index (χ1v) is 15.4. The van der Waals surface area contributed by atoms with Gasteiger partial charge in [0.05, 0.1) is 22.6 Å². The maximum absolute atomic E-state index is 14.0. The third-order valence-corrected chi connectivity index (χ3v) is 9.03. The topological polar surface area (TPSA) is 139 Å². The predicted molar refractivity (Wildman–Crippen MR) is 165 cm³/mol. The van der Waals surface area contributed by atoms with Crippen molar-refractivity contribution in [3.8, 4) is 5.75 Å². The Morgan fingerprint density at radius 1 is 1.02 bits per heavy atom. The van der Waals surface area contributed by atoms with Crippen molar-refractivity contribution in [2.75, 3.05) is 24.5 Å². The molecule has 2 atom stereocenters. The molecule has 11 nitrogen and oxygen atoms in total. The van der Waals surface area contributed by atoms with Gasteiger partial charge in [0.25, 0.3) is 15.7 Å². The number of nitro benzene ring substituents is 1. The van der Waals surface area contributed by atoms with Crippen LogP contribution >= 0.6 is 0 Å². The molecule has 0 aromatic heterocycles. The lowest BCUT2D eigenvalue weighted by molar-refractivity contribution is -0.385. The van der Waals surface area contributed by atoms with Gasteiger partial charge in [0.2, 0.25) is 11.8 Å². The molecule has 12 heteroatoms. The minimum atomic E-state index is -4.47. The van der Waals surface area contributed by atoms with E-state index in [1.54, 1.807) is 19.1 Å². The Hall–Kier alpha value is -4.45. The Kier molecular flexibility index (Phi) is 11.2. The molecule has 2 amide bonds. The number of benzene rings is 3. The second kappa shape index (κ2) is 14.6. The lowest BCUT2D eigenvalue weighted by Gasteiger charge is -2.32. The van der Waals surface area contributed by atoms with E-state index in [-0.39, 0.29) is 34.8 Å². The number of carbonyl (C=O) groups excluding carboxylic acids is 2.